The first-order valence-corrected chi connectivity index (χ1v) is 16.5. The van der Waals surface area contributed by atoms with Crippen molar-refractivity contribution >= 4 is 75.1 Å². The maximum Gasteiger partial charge on any atom is 0.0641 e. The van der Waals surface area contributed by atoms with Crippen LogP contribution in [0, 0.1) is 0 Å². The van der Waals surface area contributed by atoms with Gasteiger partial charge in [-0.15, -0.1) is 11.3 Å². The quantitative estimate of drug-likeness (QED) is 0.193. The highest BCUT2D eigenvalue weighted by molar-refractivity contribution is 7.25. The van der Waals surface area contributed by atoms with Gasteiger partial charge in [-0.1, -0.05) is 103 Å². The van der Waals surface area contributed by atoms with Crippen molar-refractivity contribution < 1.29 is 0 Å². The summed E-state index contributed by atoms with van der Waals surface area (Å²) >= 11 is 1.91. The van der Waals surface area contributed by atoms with Gasteiger partial charge in [0.05, 0.1) is 22.1 Å². The zero-order chi connectivity index (χ0) is 29.5. The lowest BCUT2D eigenvalue weighted by Crippen LogP contribution is -1.97. The molecule has 0 aliphatic heterocycles. The Morgan fingerprint density at radius 3 is 2.13 bits per heavy atom. The molecular formula is C42H28N2S. The van der Waals surface area contributed by atoms with Crippen LogP contribution in [0.25, 0.3) is 75.2 Å². The lowest BCUT2D eigenvalue weighted by Gasteiger charge is -2.15. The van der Waals surface area contributed by atoms with Crippen LogP contribution in [0.2, 0.25) is 0 Å². The molecule has 0 N–H and O–H groups in total. The van der Waals surface area contributed by atoms with Crippen LogP contribution in [-0.2, 0) is 0 Å². The van der Waals surface area contributed by atoms with Crippen LogP contribution >= 0.6 is 11.3 Å². The highest BCUT2D eigenvalue weighted by atomic mass is 32.1. The lowest BCUT2D eigenvalue weighted by molar-refractivity contribution is 0.863. The minimum atomic E-state index is 0.420. The van der Waals surface area contributed by atoms with E-state index in [2.05, 4.69) is 161 Å². The van der Waals surface area contributed by atoms with Gasteiger partial charge in [-0.3, -0.25) is 0 Å². The number of thiophene rings is 1. The summed E-state index contributed by atoms with van der Waals surface area (Å²) in [5, 5.41) is 7.88. The third-order valence-electron chi connectivity index (χ3n) is 9.64. The topological polar surface area (TPSA) is 9.86 Å². The van der Waals surface area contributed by atoms with Crippen LogP contribution in [0.1, 0.15) is 17.9 Å². The van der Waals surface area contributed by atoms with Crippen molar-refractivity contribution in [3.63, 3.8) is 0 Å². The molecule has 10 rings (SSSR count). The number of aromatic nitrogens is 2. The highest BCUT2D eigenvalue weighted by Gasteiger charge is 2.22. The van der Waals surface area contributed by atoms with Crippen LogP contribution in [0.3, 0.4) is 0 Å². The van der Waals surface area contributed by atoms with Gasteiger partial charge in [0.1, 0.15) is 0 Å². The van der Waals surface area contributed by atoms with Gasteiger partial charge in [0.25, 0.3) is 0 Å². The Balaban J connectivity index is 1.30. The Hall–Kier alpha value is -5.38. The molecule has 2 nitrogen and oxygen atoms in total. The molecule has 0 saturated heterocycles. The first-order chi connectivity index (χ1) is 22.3. The molecule has 3 heteroatoms. The molecule has 3 heterocycles. The normalized spacial score (nSPS) is 15.1. The SMILES string of the molecule is C1=CCC(c2cccc3sc4cc(-n5c6ccccc6c6ccc7c(c8ccccc8n7-c7ccccc7)c65)ccc4c23)C=C1. The van der Waals surface area contributed by atoms with Crippen LogP contribution in [0.4, 0.5) is 0 Å². The lowest BCUT2D eigenvalue weighted by atomic mass is 9.89. The molecule has 0 bridgehead atoms. The van der Waals surface area contributed by atoms with E-state index >= 15 is 0 Å². The van der Waals surface area contributed by atoms with Gasteiger partial charge >= 0.3 is 0 Å². The van der Waals surface area contributed by atoms with Gasteiger partial charge in [0, 0.05) is 59.0 Å². The molecule has 0 saturated carbocycles. The third kappa shape index (κ3) is 3.56. The Bertz CT molecular complexity index is 2680. The van der Waals surface area contributed by atoms with Crippen molar-refractivity contribution in [2.45, 2.75) is 12.3 Å². The van der Waals surface area contributed by atoms with E-state index in [9.17, 15) is 0 Å². The molecule has 9 aromatic rings. The predicted octanol–water partition coefficient (Wildman–Crippen LogP) is 11.8. The maximum absolute atomic E-state index is 2.51. The summed E-state index contributed by atoms with van der Waals surface area (Å²) in [7, 11) is 0. The fraction of sp³-hybridized carbons (Fsp3) is 0.0476. The fourth-order valence-electron chi connectivity index (χ4n) is 7.73. The first-order valence-electron chi connectivity index (χ1n) is 15.6. The molecule has 1 aliphatic rings. The number of rotatable bonds is 3. The number of allylic oxidation sites excluding steroid dienone is 4. The van der Waals surface area contributed by atoms with Crippen LogP contribution in [0.5, 0.6) is 0 Å². The zero-order valence-electron chi connectivity index (χ0n) is 24.5. The van der Waals surface area contributed by atoms with E-state index in [0.717, 1.165) is 6.42 Å². The summed E-state index contributed by atoms with van der Waals surface area (Å²) < 4.78 is 7.61. The van der Waals surface area contributed by atoms with E-state index in [1.807, 2.05) is 11.3 Å². The summed E-state index contributed by atoms with van der Waals surface area (Å²) in [4.78, 5) is 0. The van der Waals surface area contributed by atoms with Crippen molar-refractivity contribution in [3.8, 4) is 11.4 Å². The Labute approximate surface area is 264 Å². The standard InChI is InChI=1S/C42H28N2S/c1-3-12-27(13-4-1)30-18-11-21-38-40(30)34-23-22-29(26-39(34)45-38)44-35-19-9-7-16-31(35)32-24-25-37-41(42(32)44)33-17-8-10-20-36(33)43(37)28-14-5-2-6-15-28/h1-12,14-27H,13H2. The van der Waals surface area contributed by atoms with Gasteiger partial charge in [-0.25, -0.2) is 0 Å². The van der Waals surface area contributed by atoms with Gasteiger partial charge in [-0.05, 0) is 60.5 Å². The van der Waals surface area contributed by atoms with Crippen LogP contribution in [-0.4, -0.2) is 9.13 Å². The summed E-state index contributed by atoms with van der Waals surface area (Å²) in [5.74, 6) is 0.420. The van der Waals surface area contributed by atoms with E-state index in [1.165, 1.54) is 80.7 Å². The molecule has 0 amide bonds. The number of hydrogen-bond donors (Lipinski definition) is 0. The van der Waals surface area contributed by atoms with E-state index in [-0.39, 0.29) is 0 Å². The van der Waals surface area contributed by atoms with E-state index in [0.29, 0.717) is 5.92 Å². The van der Waals surface area contributed by atoms with Crippen molar-refractivity contribution in [2.24, 2.45) is 0 Å². The number of nitrogens with zero attached hydrogens (tertiary/aromatic N) is 2. The molecule has 1 atom stereocenters. The van der Waals surface area contributed by atoms with Crippen LogP contribution < -0.4 is 0 Å². The summed E-state index contributed by atoms with van der Waals surface area (Å²) in [6.45, 7) is 0. The molecule has 0 spiro atoms. The smallest absolute Gasteiger partial charge is 0.0641 e. The van der Waals surface area contributed by atoms with Gasteiger partial charge in [-0.2, -0.15) is 0 Å². The van der Waals surface area contributed by atoms with E-state index in [1.54, 1.807) is 0 Å². The molecule has 212 valence electrons. The molecule has 0 fully saturated rings. The van der Waals surface area contributed by atoms with Crippen LogP contribution in [0.15, 0.2) is 152 Å². The minimum Gasteiger partial charge on any atom is -0.309 e. The van der Waals surface area contributed by atoms with Crippen molar-refractivity contribution in [1.29, 1.82) is 0 Å². The fourth-order valence-corrected chi connectivity index (χ4v) is 8.91. The maximum atomic E-state index is 2.51. The third-order valence-corrected chi connectivity index (χ3v) is 10.8. The summed E-state index contributed by atoms with van der Waals surface area (Å²) in [5.41, 5.74) is 8.75. The molecule has 1 unspecified atom stereocenters. The number of para-hydroxylation sites is 3. The van der Waals surface area contributed by atoms with E-state index < -0.39 is 0 Å². The van der Waals surface area contributed by atoms with Crippen molar-refractivity contribution in [1.82, 2.24) is 9.13 Å². The minimum absolute atomic E-state index is 0.420. The molecule has 6 aromatic carbocycles. The average Bonchev–Trinajstić information content (AvgIpc) is 3.76. The second kappa shape index (κ2) is 9.56. The van der Waals surface area contributed by atoms with Crippen molar-refractivity contribution in [2.75, 3.05) is 0 Å². The average molecular weight is 593 g/mol. The molecule has 3 aromatic heterocycles. The largest absolute Gasteiger partial charge is 0.309 e. The molecule has 1 aliphatic carbocycles. The zero-order valence-corrected chi connectivity index (χ0v) is 25.3. The second-order valence-electron chi connectivity index (χ2n) is 12.1. The first kappa shape index (κ1) is 25.0. The second-order valence-corrected chi connectivity index (χ2v) is 13.1. The summed E-state index contributed by atoms with van der Waals surface area (Å²) in [6, 6.07) is 47.0. The Morgan fingerprint density at radius 2 is 1.29 bits per heavy atom. The molecule has 0 radical (unpaired) electrons. The van der Waals surface area contributed by atoms with Gasteiger partial charge in [0.2, 0.25) is 0 Å². The Morgan fingerprint density at radius 1 is 0.511 bits per heavy atom. The number of benzene rings is 6. The predicted molar refractivity (Wildman–Crippen MR) is 194 cm³/mol. The van der Waals surface area contributed by atoms with E-state index in [4.69, 9.17) is 0 Å². The molecular weight excluding hydrogens is 565 g/mol. The number of fused-ring (bicyclic) bond motifs is 10. The van der Waals surface area contributed by atoms with Crippen molar-refractivity contribution in [3.05, 3.63) is 157 Å². The van der Waals surface area contributed by atoms with Gasteiger partial charge in [0.15, 0.2) is 0 Å². The summed E-state index contributed by atoms with van der Waals surface area (Å²) in [6.07, 6.45) is 10.0. The number of hydrogen-bond acceptors (Lipinski definition) is 1. The molecule has 45 heavy (non-hydrogen) atoms. The highest BCUT2D eigenvalue weighted by Crippen LogP contribution is 2.44. The van der Waals surface area contributed by atoms with Gasteiger partial charge < -0.3 is 9.13 Å². The Kier molecular flexibility index (Phi) is 5.31. The monoisotopic (exact) mass is 592 g/mol.